The molecule has 41 heavy (non-hydrogen) atoms. The van der Waals surface area contributed by atoms with E-state index in [2.05, 4.69) is 4.90 Å². The zero-order valence-corrected chi connectivity index (χ0v) is 25.3. The molecular weight excluding hydrogens is 580 g/mol. The molecule has 0 N–H and O–H groups in total. The summed E-state index contributed by atoms with van der Waals surface area (Å²) in [5, 5.41) is 1.10. The van der Waals surface area contributed by atoms with E-state index in [1.54, 1.807) is 23.1 Å². The number of benzene rings is 3. The van der Waals surface area contributed by atoms with Gasteiger partial charge in [0, 0.05) is 44.8 Å². The quantitative estimate of drug-likeness (QED) is 0.222. The van der Waals surface area contributed by atoms with E-state index >= 15 is 0 Å². The third-order valence-corrected chi connectivity index (χ3v) is 10.4. The van der Waals surface area contributed by atoms with E-state index in [9.17, 15) is 13.2 Å². The van der Waals surface area contributed by atoms with Crippen molar-refractivity contribution in [3.05, 3.63) is 88.9 Å². The van der Waals surface area contributed by atoms with Crippen LogP contribution in [0.3, 0.4) is 0 Å². The maximum absolute atomic E-state index is 13.8. The summed E-state index contributed by atoms with van der Waals surface area (Å²) >= 11 is 7.80. The Morgan fingerprint density at radius 1 is 1.02 bits per heavy atom. The van der Waals surface area contributed by atoms with Crippen LogP contribution in [0.1, 0.15) is 29.3 Å². The Morgan fingerprint density at radius 3 is 2.44 bits per heavy atom. The first kappa shape index (κ1) is 29.6. The molecule has 5 rings (SSSR count). The third-order valence-electron chi connectivity index (χ3n) is 7.09. The van der Waals surface area contributed by atoms with Crippen LogP contribution >= 0.6 is 22.9 Å². The Morgan fingerprint density at radius 2 is 1.76 bits per heavy atom. The number of halogens is 1. The molecule has 2 heterocycles. The van der Waals surface area contributed by atoms with E-state index in [1.165, 1.54) is 27.8 Å². The number of fused-ring (bicyclic) bond motifs is 1. The second-order valence-corrected chi connectivity index (χ2v) is 13.1. The van der Waals surface area contributed by atoms with Crippen LogP contribution in [0.15, 0.2) is 77.7 Å². The number of nitrogens with zero attached hydrogens (tertiary/aromatic N) is 4. The van der Waals surface area contributed by atoms with Gasteiger partial charge in [-0.25, -0.2) is 13.4 Å². The lowest BCUT2D eigenvalue weighted by atomic mass is 10.2. The molecule has 1 aliphatic rings. The summed E-state index contributed by atoms with van der Waals surface area (Å²) in [5.41, 5.74) is 1.97. The predicted molar refractivity (Wildman–Crippen MR) is 164 cm³/mol. The number of amides is 1. The minimum Gasteiger partial charge on any atom is -0.379 e. The van der Waals surface area contributed by atoms with Crippen LogP contribution in [0, 0.1) is 0 Å². The predicted octanol–water partition coefficient (Wildman–Crippen LogP) is 5.53. The van der Waals surface area contributed by atoms with Gasteiger partial charge in [0.1, 0.15) is 5.52 Å². The van der Waals surface area contributed by atoms with Crippen LogP contribution in [-0.2, 0) is 21.3 Å². The highest BCUT2D eigenvalue weighted by Gasteiger charge is 2.26. The second kappa shape index (κ2) is 13.4. The van der Waals surface area contributed by atoms with Crippen molar-refractivity contribution in [1.82, 2.24) is 14.2 Å². The van der Waals surface area contributed by atoms with Gasteiger partial charge in [-0.3, -0.25) is 14.6 Å². The monoisotopic (exact) mass is 612 g/mol. The van der Waals surface area contributed by atoms with Crippen molar-refractivity contribution < 1.29 is 17.9 Å². The molecule has 0 radical (unpaired) electrons. The van der Waals surface area contributed by atoms with Gasteiger partial charge >= 0.3 is 0 Å². The minimum absolute atomic E-state index is 0.150. The van der Waals surface area contributed by atoms with E-state index in [4.69, 9.17) is 21.3 Å². The molecule has 0 spiro atoms. The molecule has 0 aliphatic carbocycles. The summed E-state index contributed by atoms with van der Waals surface area (Å²) in [4.78, 5) is 22.7. The van der Waals surface area contributed by atoms with E-state index < -0.39 is 10.0 Å². The topological polar surface area (TPSA) is 83.1 Å². The Kier molecular flexibility index (Phi) is 9.69. The number of ether oxygens (including phenoxy) is 1. The maximum atomic E-state index is 13.8. The molecule has 11 heteroatoms. The van der Waals surface area contributed by atoms with E-state index in [1.807, 2.05) is 49.4 Å². The van der Waals surface area contributed by atoms with Crippen LogP contribution in [0.25, 0.3) is 10.2 Å². The molecule has 1 amide bonds. The summed E-state index contributed by atoms with van der Waals surface area (Å²) in [7, 11) is -3.75. The summed E-state index contributed by atoms with van der Waals surface area (Å²) in [5.74, 6) is -0.234. The molecule has 1 fully saturated rings. The lowest BCUT2D eigenvalue weighted by Gasteiger charge is -2.27. The molecule has 0 bridgehead atoms. The van der Waals surface area contributed by atoms with Crippen LogP contribution in [-0.4, -0.2) is 74.5 Å². The largest absolute Gasteiger partial charge is 0.379 e. The summed E-state index contributed by atoms with van der Waals surface area (Å²) in [6, 6.07) is 21.3. The fraction of sp³-hybridized carbons (Fsp3) is 0.333. The number of para-hydroxylation sites is 1. The molecule has 8 nitrogen and oxygen atoms in total. The van der Waals surface area contributed by atoms with Gasteiger partial charge in [-0.2, -0.15) is 4.31 Å². The van der Waals surface area contributed by atoms with Crippen molar-refractivity contribution in [2.75, 3.05) is 50.8 Å². The van der Waals surface area contributed by atoms with Crippen molar-refractivity contribution in [3.8, 4) is 0 Å². The average Bonchev–Trinajstić information content (AvgIpc) is 3.44. The lowest BCUT2D eigenvalue weighted by molar-refractivity contribution is 0.0376. The fourth-order valence-corrected chi connectivity index (χ4v) is 7.53. The maximum Gasteiger partial charge on any atom is 0.260 e. The van der Waals surface area contributed by atoms with Crippen molar-refractivity contribution in [2.24, 2.45) is 0 Å². The van der Waals surface area contributed by atoms with E-state index in [0.29, 0.717) is 34.3 Å². The number of morpholine rings is 1. The van der Waals surface area contributed by atoms with Gasteiger partial charge in [0.25, 0.3) is 5.91 Å². The van der Waals surface area contributed by atoms with Gasteiger partial charge in [-0.05, 0) is 48.4 Å². The number of thiazole rings is 1. The van der Waals surface area contributed by atoms with E-state index in [0.717, 1.165) is 49.5 Å². The number of carbonyl (C=O) groups excluding carboxylic acids is 1. The summed E-state index contributed by atoms with van der Waals surface area (Å²) < 4.78 is 34.6. The number of carbonyl (C=O) groups is 1. The molecule has 4 aromatic rings. The van der Waals surface area contributed by atoms with Crippen LogP contribution in [0.2, 0.25) is 5.02 Å². The molecule has 3 aromatic carbocycles. The van der Waals surface area contributed by atoms with Crippen LogP contribution in [0.5, 0.6) is 0 Å². The number of rotatable bonds is 11. The minimum atomic E-state index is -3.75. The average molecular weight is 613 g/mol. The third kappa shape index (κ3) is 6.97. The van der Waals surface area contributed by atoms with Crippen molar-refractivity contribution in [1.29, 1.82) is 0 Å². The number of sulfonamides is 1. The first-order valence-corrected chi connectivity index (χ1v) is 16.3. The van der Waals surface area contributed by atoms with Crippen molar-refractivity contribution in [3.63, 3.8) is 0 Å². The molecule has 0 saturated carbocycles. The molecule has 1 saturated heterocycles. The molecule has 0 atom stereocenters. The molecule has 0 unspecified atom stereocenters. The van der Waals surface area contributed by atoms with Gasteiger partial charge in [-0.15, -0.1) is 0 Å². The zero-order valence-electron chi connectivity index (χ0n) is 22.9. The Hall–Kier alpha value is -2.86. The lowest BCUT2D eigenvalue weighted by Crippen LogP contribution is -2.39. The highest BCUT2D eigenvalue weighted by Crippen LogP contribution is 2.33. The first-order chi connectivity index (χ1) is 19.9. The van der Waals surface area contributed by atoms with Gasteiger partial charge in [0.2, 0.25) is 10.0 Å². The molecular formula is C30H33ClN4O4S2. The van der Waals surface area contributed by atoms with Crippen molar-refractivity contribution >= 4 is 54.2 Å². The fourth-order valence-electron chi connectivity index (χ4n) is 4.81. The standard InChI is InChI=1S/C30H33ClN4O4S2/c1-2-34(22-23-8-4-3-5-9-23)41(37,38)25-14-12-24(13-15-25)29(36)35(17-7-16-33-18-20-39-21-19-33)30-32-28-26(31)10-6-11-27(28)40-30/h3-6,8-15H,2,7,16-22H2,1H3. The molecule has 1 aromatic heterocycles. The second-order valence-electron chi connectivity index (χ2n) is 9.79. The number of aromatic nitrogens is 1. The number of hydrogen-bond donors (Lipinski definition) is 0. The highest BCUT2D eigenvalue weighted by atomic mass is 35.5. The highest BCUT2D eigenvalue weighted by molar-refractivity contribution is 7.89. The van der Waals surface area contributed by atoms with Gasteiger partial charge in [-0.1, -0.05) is 66.3 Å². The molecule has 1 aliphatic heterocycles. The summed E-state index contributed by atoms with van der Waals surface area (Å²) in [6.07, 6.45) is 0.757. The van der Waals surface area contributed by atoms with Crippen molar-refractivity contribution in [2.45, 2.75) is 24.8 Å². The Bertz CT molecular complexity index is 1570. The van der Waals surface area contributed by atoms with Crippen LogP contribution in [0.4, 0.5) is 5.13 Å². The SMILES string of the molecule is CCN(Cc1ccccc1)S(=O)(=O)c1ccc(C(=O)N(CCCN2CCOCC2)c2nc3c(Cl)cccc3s2)cc1. The first-order valence-electron chi connectivity index (χ1n) is 13.7. The van der Waals surface area contributed by atoms with Crippen LogP contribution < -0.4 is 4.90 Å². The van der Waals surface area contributed by atoms with Gasteiger partial charge in [0.15, 0.2) is 5.13 Å². The normalized spacial score (nSPS) is 14.5. The number of anilines is 1. The Balaban J connectivity index is 1.37. The van der Waals surface area contributed by atoms with Gasteiger partial charge < -0.3 is 4.74 Å². The zero-order chi connectivity index (χ0) is 28.8. The smallest absolute Gasteiger partial charge is 0.260 e. The van der Waals surface area contributed by atoms with Gasteiger partial charge in [0.05, 0.1) is 27.8 Å². The number of hydrogen-bond acceptors (Lipinski definition) is 7. The Labute approximate surface area is 250 Å². The molecule has 216 valence electrons. The summed E-state index contributed by atoms with van der Waals surface area (Å²) in [6.45, 7) is 6.91. The van der Waals surface area contributed by atoms with E-state index in [-0.39, 0.29) is 17.3 Å².